The molecule has 1 aromatic carbocycles. The Hall–Kier alpha value is -1.55. The number of amides is 1. The molecule has 21 heavy (non-hydrogen) atoms. The maximum absolute atomic E-state index is 12.2. The van der Waals surface area contributed by atoms with Crippen LogP contribution in [0, 0.1) is 5.41 Å². The minimum atomic E-state index is 0.00838. The summed E-state index contributed by atoms with van der Waals surface area (Å²) in [4.78, 5) is 14.2. The highest BCUT2D eigenvalue weighted by atomic mass is 16.5. The molecule has 1 unspecified atom stereocenters. The van der Waals surface area contributed by atoms with Gasteiger partial charge in [-0.1, -0.05) is 32.0 Å². The number of hydrogen-bond donors (Lipinski definition) is 1. The summed E-state index contributed by atoms with van der Waals surface area (Å²) in [5.74, 6) is 1.07. The Kier molecular flexibility index (Phi) is 5.23. The number of rotatable bonds is 5. The van der Waals surface area contributed by atoms with Gasteiger partial charge in [0.2, 0.25) is 5.91 Å². The Morgan fingerprint density at radius 3 is 2.76 bits per heavy atom. The molecule has 0 radical (unpaired) electrons. The standard InChI is InChI=1S/C17H26N2O2/c1-17(2)13-19(11-10-15(17)18)16(20)9-6-12-21-14-7-4-3-5-8-14/h3-5,7-8,15H,6,9-13,18H2,1-2H3. The van der Waals surface area contributed by atoms with Crippen molar-refractivity contribution in [1.82, 2.24) is 4.90 Å². The number of para-hydroxylation sites is 1. The van der Waals surface area contributed by atoms with Crippen LogP contribution in [-0.2, 0) is 4.79 Å². The third kappa shape index (κ3) is 4.46. The molecule has 1 aliphatic rings. The van der Waals surface area contributed by atoms with Gasteiger partial charge in [0.05, 0.1) is 6.61 Å². The van der Waals surface area contributed by atoms with Crippen molar-refractivity contribution in [2.45, 2.75) is 39.2 Å². The first-order valence-corrected chi connectivity index (χ1v) is 7.70. The van der Waals surface area contributed by atoms with Crippen LogP contribution in [0.4, 0.5) is 0 Å². The molecule has 1 amide bonds. The number of nitrogens with two attached hydrogens (primary N) is 1. The van der Waals surface area contributed by atoms with E-state index in [0.29, 0.717) is 13.0 Å². The largest absolute Gasteiger partial charge is 0.494 e. The third-order valence-electron chi connectivity index (χ3n) is 4.21. The lowest BCUT2D eigenvalue weighted by atomic mass is 9.79. The lowest BCUT2D eigenvalue weighted by Crippen LogP contribution is -2.54. The van der Waals surface area contributed by atoms with E-state index in [4.69, 9.17) is 10.5 Å². The summed E-state index contributed by atoms with van der Waals surface area (Å²) in [6.07, 6.45) is 2.17. The monoisotopic (exact) mass is 290 g/mol. The average Bonchev–Trinajstić information content (AvgIpc) is 2.47. The van der Waals surface area contributed by atoms with Gasteiger partial charge in [-0.25, -0.2) is 0 Å². The Morgan fingerprint density at radius 1 is 1.38 bits per heavy atom. The second-order valence-corrected chi connectivity index (χ2v) is 6.46. The number of piperidine rings is 1. The molecule has 0 bridgehead atoms. The number of likely N-dealkylation sites (tertiary alicyclic amines) is 1. The topological polar surface area (TPSA) is 55.6 Å². The van der Waals surface area contributed by atoms with Crippen molar-refractivity contribution in [3.63, 3.8) is 0 Å². The van der Waals surface area contributed by atoms with E-state index in [2.05, 4.69) is 13.8 Å². The molecule has 1 atom stereocenters. The molecule has 1 saturated heterocycles. The van der Waals surface area contributed by atoms with Gasteiger partial charge in [0.25, 0.3) is 0 Å². The zero-order valence-electron chi connectivity index (χ0n) is 13.0. The second kappa shape index (κ2) is 6.94. The maximum Gasteiger partial charge on any atom is 0.222 e. The quantitative estimate of drug-likeness (QED) is 0.847. The normalized spacial score (nSPS) is 21.1. The van der Waals surface area contributed by atoms with E-state index in [0.717, 1.165) is 31.7 Å². The van der Waals surface area contributed by atoms with Gasteiger partial charge in [-0.15, -0.1) is 0 Å². The number of benzene rings is 1. The molecule has 2 N–H and O–H groups in total. The number of hydrogen-bond acceptors (Lipinski definition) is 3. The molecule has 1 heterocycles. The smallest absolute Gasteiger partial charge is 0.222 e. The number of nitrogens with zero attached hydrogens (tertiary/aromatic N) is 1. The molecule has 0 spiro atoms. The van der Waals surface area contributed by atoms with Crippen LogP contribution in [0.5, 0.6) is 5.75 Å². The van der Waals surface area contributed by atoms with E-state index in [1.54, 1.807) is 0 Å². The molecule has 1 aromatic rings. The van der Waals surface area contributed by atoms with Gasteiger partial charge in [0.1, 0.15) is 5.75 Å². The molecule has 0 aromatic heterocycles. The van der Waals surface area contributed by atoms with Crippen molar-refractivity contribution in [2.24, 2.45) is 11.1 Å². The lowest BCUT2D eigenvalue weighted by Gasteiger charge is -2.42. The summed E-state index contributed by atoms with van der Waals surface area (Å²) in [6.45, 7) is 6.38. The molecule has 2 rings (SSSR count). The fourth-order valence-electron chi connectivity index (χ4n) is 2.68. The van der Waals surface area contributed by atoms with Crippen LogP contribution in [0.2, 0.25) is 0 Å². The summed E-state index contributed by atoms with van der Waals surface area (Å²) < 4.78 is 5.61. The van der Waals surface area contributed by atoms with Crippen molar-refractivity contribution in [3.8, 4) is 5.75 Å². The molecule has 0 aliphatic carbocycles. The Labute approximate surface area is 127 Å². The molecule has 4 heteroatoms. The highest BCUT2D eigenvalue weighted by Gasteiger charge is 2.34. The van der Waals surface area contributed by atoms with E-state index >= 15 is 0 Å². The molecule has 4 nitrogen and oxygen atoms in total. The molecule has 0 saturated carbocycles. The first kappa shape index (κ1) is 15.8. The second-order valence-electron chi connectivity index (χ2n) is 6.46. The summed E-state index contributed by atoms with van der Waals surface area (Å²) in [6, 6.07) is 9.88. The van der Waals surface area contributed by atoms with Crippen LogP contribution in [-0.4, -0.2) is 36.5 Å². The summed E-state index contributed by atoms with van der Waals surface area (Å²) in [7, 11) is 0. The van der Waals surface area contributed by atoms with E-state index in [1.807, 2.05) is 35.2 Å². The van der Waals surface area contributed by atoms with Crippen LogP contribution < -0.4 is 10.5 Å². The van der Waals surface area contributed by atoms with Crippen LogP contribution >= 0.6 is 0 Å². The fraction of sp³-hybridized carbons (Fsp3) is 0.588. The zero-order chi connectivity index (χ0) is 15.3. The van der Waals surface area contributed by atoms with Crippen LogP contribution in [0.1, 0.15) is 33.1 Å². The number of ether oxygens (including phenoxy) is 1. The minimum Gasteiger partial charge on any atom is -0.494 e. The van der Waals surface area contributed by atoms with Crippen molar-refractivity contribution >= 4 is 5.91 Å². The lowest BCUT2D eigenvalue weighted by molar-refractivity contribution is -0.134. The van der Waals surface area contributed by atoms with Gasteiger partial charge >= 0.3 is 0 Å². The molecule has 1 fully saturated rings. The van der Waals surface area contributed by atoms with Crippen molar-refractivity contribution in [3.05, 3.63) is 30.3 Å². The van der Waals surface area contributed by atoms with E-state index in [-0.39, 0.29) is 17.4 Å². The van der Waals surface area contributed by atoms with Crippen LogP contribution in [0.15, 0.2) is 30.3 Å². The van der Waals surface area contributed by atoms with E-state index < -0.39 is 0 Å². The first-order chi connectivity index (χ1) is 9.99. The van der Waals surface area contributed by atoms with E-state index in [1.165, 1.54) is 0 Å². The van der Waals surface area contributed by atoms with Gasteiger partial charge in [-0.05, 0) is 30.4 Å². The first-order valence-electron chi connectivity index (χ1n) is 7.70. The minimum absolute atomic E-state index is 0.00838. The summed E-state index contributed by atoms with van der Waals surface area (Å²) in [5, 5.41) is 0. The summed E-state index contributed by atoms with van der Waals surface area (Å²) in [5.41, 5.74) is 6.11. The van der Waals surface area contributed by atoms with Crippen molar-refractivity contribution in [1.29, 1.82) is 0 Å². The van der Waals surface area contributed by atoms with Gasteiger partial charge in [0.15, 0.2) is 0 Å². The van der Waals surface area contributed by atoms with Gasteiger partial charge in [-0.3, -0.25) is 4.79 Å². The molecular formula is C17H26N2O2. The van der Waals surface area contributed by atoms with Gasteiger partial charge in [-0.2, -0.15) is 0 Å². The highest BCUT2D eigenvalue weighted by Crippen LogP contribution is 2.28. The Bertz CT molecular complexity index is 459. The number of carbonyl (C=O) groups excluding carboxylic acids is 1. The predicted molar refractivity (Wildman–Crippen MR) is 84.1 cm³/mol. The highest BCUT2D eigenvalue weighted by molar-refractivity contribution is 5.76. The number of carbonyl (C=O) groups is 1. The predicted octanol–water partition coefficient (Wildman–Crippen LogP) is 2.43. The van der Waals surface area contributed by atoms with E-state index in [9.17, 15) is 4.79 Å². The van der Waals surface area contributed by atoms with Crippen molar-refractivity contribution in [2.75, 3.05) is 19.7 Å². The Morgan fingerprint density at radius 2 is 2.10 bits per heavy atom. The fourth-order valence-corrected chi connectivity index (χ4v) is 2.68. The van der Waals surface area contributed by atoms with Gasteiger partial charge in [0, 0.05) is 25.6 Å². The SMILES string of the molecule is CC1(C)CN(C(=O)CCCOc2ccccc2)CCC1N. The Balaban J connectivity index is 1.70. The summed E-state index contributed by atoms with van der Waals surface area (Å²) >= 11 is 0. The third-order valence-corrected chi connectivity index (χ3v) is 4.21. The van der Waals surface area contributed by atoms with Gasteiger partial charge < -0.3 is 15.4 Å². The average molecular weight is 290 g/mol. The van der Waals surface area contributed by atoms with Crippen molar-refractivity contribution < 1.29 is 9.53 Å². The van der Waals surface area contributed by atoms with Crippen LogP contribution in [0.3, 0.4) is 0 Å². The van der Waals surface area contributed by atoms with Crippen LogP contribution in [0.25, 0.3) is 0 Å². The zero-order valence-corrected chi connectivity index (χ0v) is 13.0. The molecule has 116 valence electrons. The maximum atomic E-state index is 12.2. The molecular weight excluding hydrogens is 264 g/mol. The molecule has 1 aliphatic heterocycles.